The second kappa shape index (κ2) is 7.51. The number of carbonyl (C=O) groups is 1. The van der Waals surface area contributed by atoms with Crippen molar-refractivity contribution in [2.45, 2.75) is 32.4 Å². The zero-order valence-corrected chi connectivity index (χ0v) is 14.7. The van der Waals surface area contributed by atoms with E-state index in [1.807, 2.05) is 40.8 Å². The molecule has 0 radical (unpaired) electrons. The third-order valence-electron chi connectivity index (χ3n) is 4.45. The number of halogens is 1. The summed E-state index contributed by atoms with van der Waals surface area (Å²) in [5, 5.41) is 0.696. The molecule has 2 aromatic heterocycles. The van der Waals surface area contributed by atoms with Gasteiger partial charge in [0.05, 0.1) is 16.8 Å². The summed E-state index contributed by atoms with van der Waals surface area (Å²) < 4.78 is 1.95. The quantitative estimate of drug-likeness (QED) is 0.893. The molecule has 0 spiro atoms. The van der Waals surface area contributed by atoms with Crippen LogP contribution in [0.4, 0.5) is 0 Å². The monoisotopic (exact) mass is 349 g/mol. The van der Waals surface area contributed by atoms with E-state index in [1.54, 1.807) is 0 Å². The Morgan fingerprint density at radius 2 is 2.04 bits per heavy atom. The first kappa shape index (κ1) is 17.2. The molecule has 0 saturated carbocycles. The minimum absolute atomic E-state index is 0.0823. The number of fused-ring (bicyclic) bond motifs is 1. The van der Waals surface area contributed by atoms with Crippen molar-refractivity contribution in [2.75, 3.05) is 26.2 Å². The molecule has 1 atom stereocenters. The van der Waals surface area contributed by atoms with E-state index in [0.717, 1.165) is 56.9 Å². The van der Waals surface area contributed by atoms with Crippen LogP contribution in [0.1, 0.15) is 25.5 Å². The summed E-state index contributed by atoms with van der Waals surface area (Å²) in [4.78, 5) is 21.1. The molecule has 24 heavy (non-hydrogen) atoms. The van der Waals surface area contributed by atoms with E-state index in [0.29, 0.717) is 5.02 Å². The van der Waals surface area contributed by atoms with Gasteiger partial charge >= 0.3 is 0 Å². The van der Waals surface area contributed by atoms with Gasteiger partial charge in [-0.05, 0) is 18.6 Å². The highest BCUT2D eigenvalue weighted by molar-refractivity contribution is 6.30. The Morgan fingerprint density at radius 3 is 2.75 bits per heavy atom. The van der Waals surface area contributed by atoms with Gasteiger partial charge in [0, 0.05) is 45.1 Å². The van der Waals surface area contributed by atoms with Crippen molar-refractivity contribution >= 4 is 23.2 Å². The first-order valence-corrected chi connectivity index (χ1v) is 8.84. The Bertz CT molecular complexity index is 708. The maximum Gasteiger partial charge on any atom is 0.239 e. The number of rotatable bonds is 5. The minimum atomic E-state index is -0.357. The third-order valence-corrected chi connectivity index (χ3v) is 4.67. The minimum Gasteiger partial charge on any atom is -0.339 e. The second-order valence-corrected chi connectivity index (χ2v) is 6.78. The van der Waals surface area contributed by atoms with Crippen LogP contribution in [0.2, 0.25) is 5.02 Å². The Labute approximate surface area is 147 Å². The fourth-order valence-corrected chi connectivity index (χ4v) is 3.29. The van der Waals surface area contributed by atoms with Crippen LogP contribution >= 0.6 is 11.6 Å². The van der Waals surface area contributed by atoms with Gasteiger partial charge in [0.1, 0.15) is 5.65 Å². The standard InChI is InChI=1S/C17H24ClN5O/c1-2-3-15(19)17(24)22-8-6-21(7-9-22)11-14-12-23-10-13(18)4-5-16(23)20-14/h4-5,10,12,15H,2-3,6-9,11,19H2,1H3. The first-order chi connectivity index (χ1) is 11.6. The van der Waals surface area contributed by atoms with Gasteiger partial charge in [-0.1, -0.05) is 24.9 Å². The summed E-state index contributed by atoms with van der Waals surface area (Å²) in [6, 6.07) is 3.40. The predicted octanol–water partition coefficient (Wildman–Crippen LogP) is 1.76. The lowest BCUT2D eigenvalue weighted by Crippen LogP contribution is -2.52. The van der Waals surface area contributed by atoms with Gasteiger partial charge in [-0.25, -0.2) is 4.98 Å². The number of amides is 1. The SMILES string of the molecule is CCCC(N)C(=O)N1CCN(Cc2cn3cc(Cl)ccc3n2)CC1. The zero-order chi connectivity index (χ0) is 17.1. The van der Waals surface area contributed by atoms with Crippen molar-refractivity contribution in [3.8, 4) is 0 Å². The molecule has 7 heteroatoms. The van der Waals surface area contributed by atoms with Crippen molar-refractivity contribution in [2.24, 2.45) is 5.73 Å². The first-order valence-electron chi connectivity index (χ1n) is 8.46. The lowest BCUT2D eigenvalue weighted by Gasteiger charge is -2.35. The molecule has 1 aliphatic heterocycles. The molecule has 6 nitrogen and oxygen atoms in total. The third kappa shape index (κ3) is 3.88. The number of aromatic nitrogens is 2. The number of carbonyl (C=O) groups excluding carboxylic acids is 1. The van der Waals surface area contributed by atoms with Crippen molar-refractivity contribution in [3.63, 3.8) is 0 Å². The number of piperazine rings is 1. The fraction of sp³-hybridized carbons (Fsp3) is 0.529. The molecule has 1 aliphatic rings. The number of imidazole rings is 1. The predicted molar refractivity (Wildman–Crippen MR) is 94.9 cm³/mol. The second-order valence-electron chi connectivity index (χ2n) is 6.34. The van der Waals surface area contributed by atoms with Crippen LogP contribution in [-0.4, -0.2) is 57.3 Å². The van der Waals surface area contributed by atoms with E-state index in [-0.39, 0.29) is 11.9 Å². The lowest BCUT2D eigenvalue weighted by atomic mass is 10.1. The molecule has 0 aliphatic carbocycles. The van der Waals surface area contributed by atoms with Gasteiger partial charge in [-0.15, -0.1) is 0 Å². The van der Waals surface area contributed by atoms with Crippen LogP contribution in [0.3, 0.4) is 0 Å². The van der Waals surface area contributed by atoms with Crippen LogP contribution in [0, 0.1) is 0 Å². The molecule has 1 amide bonds. The van der Waals surface area contributed by atoms with Crippen LogP contribution in [0.15, 0.2) is 24.5 Å². The van der Waals surface area contributed by atoms with Crippen LogP contribution < -0.4 is 5.73 Å². The fourth-order valence-electron chi connectivity index (χ4n) is 3.12. The maximum absolute atomic E-state index is 12.3. The van der Waals surface area contributed by atoms with Crippen LogP contribution in [0.5, 0.6) is 0 Å². The Balaban J connectivity index is 1.55. The maximum atomic E-state index is 12.3. The molecule has 2 N–H and O–H groups in total. The average molecular weight is 350 g/mol. The van der Waals surface area contributed by atoms with Gasteiger partial charge < -0.3 is 15.0 Å². The number of nitrogens with two attached hydrogens (primary N) is 1. The van der Waals surface area contributed by atoms with Crippen molar-refractivity contribution < 1.29 is 4.79 Å². The number of nitrogens with zero attached hydrogens (tertiary/aromatic N) is 4. The zero-order valence-electron chi connectivity index (χ0n) is 14.0. The van der Waals surface area contributed by atoms with E-state index in [2.05, 4.69) is 9.88 Å². The van der Waals surface area contributed by atoms with Crippen molar-refractivity contribution in [3.05, 3.63) is 35.2 Å². The Morgan fingerprint density at radius 1 is 1.29 bits per heavy atom. The molecule has 0 bridgehead atoms. The number of hydrogen-bond acceptors (Lipinski definition) is 4. The van der Waals surface area contributed by atoms with Crippen LogP contribution in [0.25, 0.3) is 5.65 Å². The highest BCUT2D eigenvalue weighted by Crippen LogP contribution is 2.14. The molecule has 130 valence electrons. The summed E-state index contributed by atoms with van der Waals surface area (Å²) in [6.07, 6.45) is 5.56. The normalized spacial score (nSPS) is 17.4. The van der Waals surface area contributed by atoms with Crippen LogP contribution in [-0.2, 0) is 11.3 Å². The summed E-state index contributed by atoms with van der Waals surface area (Å²) >= 11 is 6.01. The number of hydrogen-bond donors (Lipinski definition) is 1. The largest absolute Gasteiger partial charge is 0.339 e. The van der Waals surface area contributed by atoms with E-state index in [1.165, 1.54) is 0 Å². The van der Waals surface area contributed by atoms with Gasteiger partial charge in [0.15, 0.2) is 0 Å². The Hall–Kier alpha value is -1.63. The molecule has 0 aromatic carbocycles. The molecule has 3 heterocycles. The average Bonchev–Trinajstić information content (AvgIpc) is 2.96. The van der Waals surface area contributed by atoms with Gasteiger partial charge in [0.25, 0.3) is 0 Å². The van der Waals surface area contributed by atoms with E-state index in [4.69, 9.17) is 17.3 Å². The molecule has 1 fully saturated rings. The van der Waals surface area contributed by atoms with E-state index >= 15 is 0 Å². The highest BCUT2D eigenvalue weighted by Gasteiger charge is 2.25. The number of pyridine rings is 1. The lowest BCUT2D eigenvalue weighted by molar-refractivity contribution is -0.134. The molecule has 3 rings (SSSR count). The molecule has 2 aromatic rings. The van der Waals surface area contributed by atoms with Crippen molar-refractivity contribution in [1.29, 1.82) is 0 Å². The molecular weight excluding hydrogens is 326 g/mol. The summed E-state index contributed by atoms with van der Waals surface area (Å²) in [5.74, 6) is 0.0823. The van der Waals surface area contributed by atoms with E-state index in [9.17, 15) is 4.79 Å². The van der Waals surface area contributed by atoms with Gasteiger partial charge in [-0.2, -0.15) is 0 Å². The summed E-state index contributed by atoms with van der Waals surface area (Å²) in [6.45, 7) is 5.98. The molecule has 1 unspecified atom stereocenters. The summed E-state index contributed by atoms with van der Waals surface area (Å²) in [7, 11) is 0. The Kier molecular flexibility index (Phi) is 5.38. The van der Waals surface area contributed by atoms with Crippen molar-refractivity contribution in [1.82, 2.24) is 19.2 Å². The van der Waals surface area contributed by atoms with Gasteiger partial charge in [0.2, 0.25) is 5.91 Å². The van der Waals surface area contributed by atoms with E-state index < -0.39 is 0 Å². The molecular formula is C17H24ClN5O. The summed E-state index contributed by atoms with van der Waals surface area (Å²) in [5.41, 5.74) is 7.85. The van der Waals surface area contributed by atoms with Gasteiger partial charge in [-0.3, -0.25) is 9.69 Å². The topological polar surface area (TPSA) is 66.9 Å². The molecule has 1 saturated heterocycles. The highest BCUT2D eigenvalue weighted by atomic mass is 35.5. The smallest absolute Gasteiger partial charge is 0.239 e.